The van der Waals surface area contributed by atoms with Crippen LogP contribution < -0.4 is 11.2 Å². The highest BCUT2D eigenvalue weighted by molar-refractivity contribution is 5.86. The lowest BCUT2D eigenvalue weighted by Gasteiger charge is -2.08. The van der Waals surface area contributed by atoms with Gasteiger partial charge in [0.25, 0.3) is 5.56 Å². The van der Waals surface area contributed by atoms with Gasteiger partial charge in [0.1, 0.15) is 5.56 Å². The molecule has 1 aliphatic rings. The molecule has 1 fully saturated rings. The summed E-state index contributed by atoms with van der Waals surface area (Å²) < 4.78 is 2.32. The maximum absolute atomic E-state index is 11.8. The molecule has 0 radical (unpaired) electrons. The first-order valence-corrected chi connectivity index (χ1v) is 5.15. The first kappa shape index (κ1) is 10.7. The van der Waals surface area contributed by atoms with Crippen molar-refractivity contribution in [2.45, 2.75) is 32.4 Å². The Balaban J connectivity index is 2.74. The molecule has 6 nitrogen and oxygen atoms in total. The van der Waals surface area contributed by atoms with Crippen molar-refractivity contribution >= 4 is 5.97 Å². The summed E-state index contributed by atoms with van der Waals surface area (Å²) in [4.78, 5) is 34.3. The van der Waals surface area contributed by atoms with E-state index in [1.54, 1.807) is 6.92 Å². The van der Waals surface area contributed by atoms with Gasteiger partial charge in [0, 0.05) is 18.8 Å². The van der Waals surface area contributed by atoms with Gasteiger partial charge in [-0.3, -0.25) is 13.9 Å². The van der Waals surface area contributed by atoms with Crippen LogP contribution in [0.3, 0.4) is 0 Å². The Morgan fingerprint density at radius 1 is 1.50 bits per heavy atom. The molecule has 0 amide bonds. The minimum absolute atomic E-state index is 0.0593. The van der Waals surface area contributed by atoms with Crippen LogP contribution in [0.4, 0.5) is 0 Å². The van der Waals surface area contributed by atoms with Crippen LogP contribution in [-0.2, 0) is 6.54 Å². The van der Waals surface area contributed by atoms with Gasteiger partial charge >= 0.3 is 11.7 Å². The van der Waals surface area contributed by atoms with Crippen LogP contribution in [0.25, 0.3) is 0 Å². The largest absolute Gasteiger partial charge is 0.477 e. The van der Waals surface area contributed by atoms with Crippen LogP contribution in [0, 0.1) is 0 Å². The Kier molecular flexibility index (Phi) is 2.41. The third kappa shape index (κ3) is 1.56. The monoisotopic (exact) mass is 224 g/mol. The number of nitrogens with zero attached hydrogens (tertiary/aromatic N) is 2. The predicted molar refractivity (Wildman–Crippen MR) is 55.9 cm³/mol. The third-order valence-electron chi connectivity index (χ3n) is 2.68. The first-order chi connectivity index (χ1) is 7.56. The number of carboxylic acids is 1. The highest BCUT2D eigenvalue weighted by atomic mass is 16.4. The topological polar surface area (TPSA) is 81.3 Å². The quantitative estimate of drug-likeness (QED) is 0.787. The predicted octanol–water partition coefficient (Wildman–Crippen LogP) is 0.0630. The maximum atomic E-state index is 11.8. The summed E-state index contributed by atoms with van der Waals surface area (Å²) in [5.41, 5.74) is -1.48. The fraction of sp³-hybridized carbons (Fsp3) is 0.500. The van der Waals surface area contributed by atoms with Crippen molar-refractivity contribution in [3.63, 3.8) is 0 Å². The van der Waals surface area contributed by atoms with Crippen molar-refractivity contribution in [1.82, 2.24) is 9.13 Å². The highest BCUT2D eigenvalue weighted by Crippen LogP contribution is 2.33. The van der Waals surface area contributed by atoms with Gasteiger partial charge in [0.15, 0.2) is 0 Å². The van der Waals surface area contributed by atoms with Crippen molar-refractivity contribution in [1.29, 1.82) is 0 Å². The minimum Gasteiger partial charge on any atom is -0.477 e. The molecule has 0 atom stereocenters. The molecular formula is C10H12N2O4. The van der Waals surface area contributed by atoms with Gasteiger partial charge in [-0.2, -0.15) is 0 Å². The van der Waals surface area contributed by atoms with Gasteiger partial charge in [-0.05, 0) is 19.8 Å². The van der Waals surface area contributed by atoms with E-state index in [4.69, 9.17) is 5.11 Å². The van der Waals surface area contributed by atoms with E-state index in [0.29, 0.717) is 0 Å². The molecule has 0 saturated heterocycles. The zero-order valence-corrected chi connectivity index (χ0v) is 8.84. The summed E-state index contributed by atoms with van der Waals surface area (Å²) in [7, 11) is 0. The van der Waals surface area contributed by atoms with Gasteiger partial charge in [-0.15, -0.1) is 0 Å². The van der Waals surface area contributed by atoms with Crippen molar-refractivity contribution in [3.05, 3.63) is 32.6 Å². The molecule has 0 aromatic carbocycles. The van der Waals surface area contributed by atoms with E-state index in [1.165, 1.54) is 4.57 Å². The van der Waals surface area contributed by atoms with Crippen LogP contribution in [0.1, 0.15) is 36.2 Å². The average molecular weight is 224 g/mol. The number of carboxylic acid groups (broad SMARTS) is 1. The van der Waals surface area contributed by atoms with Crippen LogP contribution in [0.5, 0.6) is 0 Å². The first-order valence-electron chi connectivity index (χ1n) is 5.15. The van der Waals surface area contributed by atoms with Crippen molar-refractivity contribution < 1.29 is 9.90 Å². The summed E-state index contributed by atoms with van der Waals surface area (Å²) >= 11 is 0. The second kappa shape index (κ2) is 3.62. The van der Waals surface area contributed by atoms with Crippen molar-refractivity contribution in [2.24, 2.45) is 0 Å². The van der Waals surface area contributed by atoms with Crippen molar-refractivity contribution in [3.8, 4) is 0 Å². The molecular weight excluding hydrogens is 212 g/mol. The molecule has 1 N–H and O–H groups in total. The summed E-state index contributed by atoms with van der Waals surface area (Å²) in [6.45, 7) is 1.83. The van der Waals surface area contributed by atoms with Crippen LogP contribution in [0.2, 0.25) is 0 Å². The lowest BCUT2D eigenvalue weighted by molar-refractivity contribution is 0.0692. The summed E-state index contributed by atoms with van der Waals surface area (Å²) in [5.74, 6) is -1.29. The number of hydrogen-bond donors (Lipinski definition) is 1. The van der Waals surface area contributed by atoms with E-state index >= 15 is 0 Å². The van der Waals surface area contributed by atoms with E-state index in [-0.39, 0.29) is 18.2 Å². The standard InChI is InChI=1S/C10H12N2O4/c1-2-11-8(13)7(9(14)15)5-12(10(11)16)6-3-4-6/h5-6H,2-4H2,1H3,(H,14,15). The van der Waals surface area contributed by atoms with E-state index in [0.717, 1.165) is 23.6 Å². The molecule has 6 heteroatoms. The fourth-order valence-electron chi connectivity index (χ4n) is 1.66. The van der Waals surface area contributed by atoms with E-state index in [2.05, 4.69) is 0 Å². The molecule has 16 heavy (non-hydrogen) atoms. The van der Waals surface area contributed by atoms with Gasteiger partial charge < -0.3 is 5.11 Å². The maximum Gasteiger partial charge on any atom is 0.342 e. The van der Waals surface area contributed by atoms with E-state index in [9.17, 15) is 14.4 Å². The lowest BCUT2D eigenvalue weighted by atomic mass is 10.3. The summed E-state index contributed by atoms with van der Waals surface area (Å²) in [6.07, 6.45) is 2.89. The Bertz CT molecular complexity index is 551. The number of rotatable bonds is 3. The van der Waals surface area contributed by atoms with E-state index in [1.807, 2.05) is 0 Å². The lowest BCUT2D eigenvalue weighted by Crippen LogP contribution is -2.41. The molecule has 0 unspecified atom stereocenters. The molecule has 0 spiro atoms. The van der Waals surface area contributed by atoms with E-state index < -0.39 is 17.2 Å². The summed E-state index contributed by atoms with van der Waals surface area (Å²) in [5, 5.41) is 8.87. The Hall–Kier alpha value is -1.85. The molecule has 0 bridgehead atoms. The average Bonchev–Trinajstić information content (AvgIpc) is 3.02. The SMILES string of the molecule is CCn1c(=O)c(C(=O)O)cn(C2CC2)c1=O. The van der Waals surface area contributed by atoms with Gasteiger partial charge in [-0.25, -0.2) is 9.59 Å². The smallest absolute Gasteiger partial charge is 0.342 e. The van der Waals surface area contributed by atoms with Gasteiger partial charge in [0.05, 0.1) is 0 Å². The van der Waals surface area contributed by atoms with Gasteiger partial charge in [-0.1, -0.05) is 0 Å². The Morgan fingerprint density at radius 3 is 2.56 bits per heavy atom. The van der Waals surface area contributed by atoms with Crippen LogP contribution in [-0.4, -0.2) is 20.2 Å². The molecule has 0 aliphatic heterocycles. The number of carbonyl (C=O) groups is 1. The Morgan fingerprint density at radius 2 is 2.12 bits per heavy atom. The van der Waals surface area contributed by atoms with Crippen LogP contribution in [0.15, 0.2) is 15.8 Å². The van der Waals surface area contributed by atoms with Gasteiger partial charge in [0.2, 0.25) is 0 Å². The number of aromatic nitrogens is 2. The number of aromatic carboxylic acids is 1. The molecule has 2 rings (SSSR count). The Labute approximate surface area is 90.8 Å². The molecule has 1 aliphatic carbocycles. The molecule has 1 heterocycles. The number of hydrogen-bond acceptors (Lipinski definition) is 3. The molecule has 1 aromatic rings. The van der Waals surface area contributed by atoms with Crippen molar-refractivity contribution in [2.75, 3.05) is 0 Å². The zero-order valence-electron chi connectivity index (χ0n) is 8.84. The fourth-order valence-corrected chi connectivity index (χ4v) is 1.66. The second-order valence-corrected chi connectivity index (χ2v) is 3.82. The molecule has 1 aromatic heterocycles. The van der Waals surface area contributed by atoms with Crippen LogP contribution >= 0.6 is 0 Å². The molecule has 1 saturated carbocycles. The third-order valence-corrected chi connectivity index (χ3v) is 2.68. The zero-order chi connectivity index (χ0) is 11.9. The second-order valence-electron chi connectivity index (χ2n) is 3.82. The summed E-state index contributed by atoms with van der Waals surface area (Å²) in [6, 6.07) is 0.0593. The molecule has 86 valence electrons. The minimum atomic E-state index is -1.29. The normalized spacial score (nSPS) is 15.1. The highest BCUT2D eigenvalue weighted by Gasteiger charge is 2.27.